The summed E-state index contributed by atoms with van der Waals surface area (Å²) in [4.78, 5) is 30.7. The highest BCUT2D eigenvalue weighted by Gasteiger charge is 2.32. The summed E-state index contributed by atoms with van der Waals surface area (Å²) in [5.74, 6) is 0.125. The molecule has 0 aromatic carbocycles. The normalized spacial score (nSPS) is 14.5. The number of nitrogens with zero attached hydrogens (tertiary/aromatic N) is 4. The summed E-state index contributed by atoms with van der Waals surface area (Å²) in [6.45, 7) is 10.2. The Balaban J connectivity index is 0.00000506. The van der Waals surface area contributed by atoms with Gasteiger partial charge in [0, 0.05) is 50.7 Å². The van der Waals surface area contributed by atoms with Crippen LogP contribution in [-0.4, -0.2) is 47.3 Å². The van der Waals surface area contributed by atoms with E-state index in [0.29, 0.717) is 19.6 Å². The number of aryl methyl sites for hydroxylation is 2. The first-order valence-electron chi connectivity index (χ1n) is 17.6. The monoisotopic (exact) mass is 846 g/mol. The lowest BCUT2D eigenvalue weighted by atomic mass is 10.1. The van der Waals surface area contributed by atoms with Crippen LogP contribution in [0.5, 0.6) is 0 Å². The lowest BCUT2D eigenvalue weighted by Gasteiger charge is -2.39. The van der Waals surface area contributed by atoms with Gasteiger partial charge in [0.15, 0.2) is 24.8 Å². The molecule has 0 radical (unpaired) electrons. The van der Waals surface area contributed by atoms with Gasteiger partial charge in [-0.1, -0.05) is 90.9 Å². The molecule has 1 saturated heterocycles. The molecule has 1 unspecified atom stereocenters. The van der Waals surface area contributed by atoms with Crippen LogP contribution in [0.1, 0.15) is 144 Å². The zero-order chi connectivity index (χ0) is 30.7. The second kappa shape index (κ2) is 24.8. The van der Waals surface area contributed by atoms with Crippen LogP contribution < -0.4 is 57.1 Å². The summed E-state index contributed by atoms with van der Waals surface area (Å²) in [5.41, 5.74) is 1.47. The van der Waals surface area contributed by atoms with Crippen LogP contribution in [0.25, 0.3) is 0 Å². The minimum Gasteiger partial charge on any atom is -1.00 e. The van der Waals surface area contributed by atoms with E-state index in [1.165, 1.54) is 89.9 Å². The van der Waals surface area contributed by atoms with Gasteiger partial charge in [-0.3, -0.25) is 9.59 Å². The van der Waals surface area contributed by atoms with Crippen molar-refractivity contribution < 1.29 is 66.7 Å². The molecule has 0 bridgehead atoms. The number of amides is 2. The fourth-order valence-corrected chi connectivity index (χ4v) is 6.22. The minimum atomic E-state index is -0.0280. The van der Waals surface area contributed by atoms with Crippen LogP contribution in [-0.2, 0) is 13.1 Å². The Morgan fingerprint density at radius 1 is 0.644 bits per heavy atom. The van der Waals surface area contributed by atoms with Gasteiger partial charge in [0.25, 0.3) is 11.8 Å². The van der Waals surface area contributed by atoms with Gasteiger partial charge in [-0.2, -0.15) is 0 Å². The van der Waals surface area contributed by atoms with Crippen molar-refractivity contribution in [1.29, 1.82) is 0 Å². The Morgan fingerprint density at radius 3 is 1.51 bits per heavy atom. The average molecular weight is 847 g/mol. The summed E-state index contributed by atoms with van der Waals surface area (Å²) in [5, 5.41) is 0. The standard InChI is InChI=1S/C37H60N4O2.2HI/c1-4-6-8-10-12-14-16-18-24-38-26-20-22-34(31-38)36(42)40-28-29-41(33(3)30-40)37(43)35-23-21-27-39(32-35)25-19-17-15-13-11-9-7-5-2;;/h20-23,26-27,31-33H,4-19,24-25,28-30H2,1-3H3;2*1H/q+2;;/p-2. The summed E-state index contributed by atoms with van der Waals surface area (Å²) in [7, 11) is 0. The van der Waals surface area contributed by atoms with Gasteiger partial charge < -0.3 is 57.8 Å². The Bertz CT molecular complexity index is 1100. The van der Waals surface area contributed by atoms with E-state index in [1.807, 2.05) is 46.5 Å². The summed E-state index contributed by atoms with van der Waals surface area (Å²) in [6, 6.07) is 7.79. The molecule has 2 aromatic rings. The van der Waals surface area contributed by atoms with Gasteiger partial charge in [0.05, 0.1) is 0 Å². The van der Waals surface area contributed by atoms with Gasteiger partial charge in [0.2, 0.25) is 0 Å². The number of aromatic nitrogens is 2. The first-order valence-corrected chi connectivity index (χ1v) is 17.6. The smallest absolute Gasteiger partial charge is 0.260 e. The number of halogens is 2. The van der Waals surface area contributed by atoms with Gasteiger partial charge in [-0.05, 0) is 31.9 Å². The van der Waals surface area contributed by atoms with E-state index >= 15 is 0 Å². The van der Waals surface area contributed by atoms with Crippen molar-refractivity contribution in [2.24, 2.45) is 0 Å². The molecule has 0 aliphatic carbocycles. The SMILES string of the molecule is CCCCCCCCCC[n+]1cccc(C(=O)N2CCN(C(=O)c3ccc[n+](CCCCCCCCCC)c3)C(C)C2)c1.[I-].[I-]. The topological polar surface area (TPSA) is 48.4 Å². The third-order valence-electron chi connectivity index (χ3n) is 8.93. The zero-order valence-electron chi connectivity index (χ0n) is 28.4. The molecular formula is C37H60I2N4O2. The predicted octanol–water partition coefficient (Wildman–Crippen LogP) is 1.54. The lowest BCUT2D eigenvalue weighted by molar-refractivity contribution is -0.697. The maximum Gasteiger partial charge on any atom is 0.260 e. The van der Waals surface area contributed by atoms with E-state index < -0.39 is 0 Å². The molecule has 3 heterocycles. The Kier molecular flexibility index (Phi) is 23.0. The average Bonchev–Trinajstić information content (AvgIpc) is 3.03. The molecule has 8 heteroatoms. The predicted molar refractivity (Wildman–Crippen MR) is 175 cm³/mol. The molecule has 1 atom stereocenters. The van der Waals surface area contributed by atoms with Crippen LogP contribution >= 0.6 is 0 Å². The first-order chi connectivity index (χ1) is 21.0. The Labute approximate surface area is 308 Å². The number of unbranched alkanes of at least 4 members (excludes halogenated alkanes) is 14. The molecule has 0 spiro atoms. The van der Waals surface area contributed by atoms with E-state index in [1.54, 1.807) is 0 Å². The van der Waals surface area contributed by atoms with Crippen molar-refractivity contribution in [3.05, 3.63) is 60.2 Å². The van der Waals surface area contributed by atoms with Crippen molar-refractivity contribution in [3.63, 3.8) is 0 Å². The zero-order valence-corrected chi connectivity index (χ0v) is 32.7. The van der Waals surface area contributed by atoms with Crippen molar-refractivity contribution in [2.45, 2.75) is 143 Å². The van der Waals surface area contributed by atoms with Gasteiger partial charge in [-0.25, -0.2) is 9.13 Å². The lowest BCUT2D eigenvalue weighted by Crippen LogP contribution is -3.00. The maximum absolute atomic E-state index is 13.5. The summed E-state index contributed by atoms with van der Waals surface area (Å²) >= 11 is 0. The van der Waals surface area contributed by atoms with Gasteiger partial charge >= 0.3 is 0 Å². The molecular weight excluding hydrogens is 786 g/mol. The number of carbonyl (C=O) groups is 2. The second-order valence-corrected chi connectivity index (χ2v) is 12.7. The maximum atomic E-state index is 13.5. The Morgan fingerprint density at radius 2 is 1.07 bits per heavy atom. The van der Waals surface area contributed by atoms with Crippen molar-refractivity contribution in [1.82, 2.24) is 9.80 Å². The van der Waals surface area contributed by atoms with E-state index in [2.05, 4.69) is 42.3 Å². The van der Waals surface area contributed by atoms with Crippen LogP contribution in [0, 0.1) is 0 Å². The van der Waals surface area contributed by atoms with Crippen LogP contribution in [0.3, 0.4) is 0 Å². The molecule has 45 heavy (non-hydrogen) atoms. The number of rotatable bonds is 20. The number of hydrogen-bond acceptors (Lipinski definition) is 2. The number of hydrogen-bond donors (Lipinski definition) is 0. The molecule has 1 fully saturated rings. The highest BCUT2D eigenvalue weighted by molar-refractivity contribution is 5.95. The number of pyridine rings is 2. The fourth-order valence-electron chi connectivity index (χ4n) is 6.22. The van der Waals surface area contributed by atoms with E-state index in [-0.39, 0.29) is 65.8 Å². The highest BCUT2D eigenvalue weighted by atomic mass is 127. The summed E-state index contributed by atoms with van der Waals surface area (Å²) in [6.07, 6.45) is 28.9. The van der Waals surface area contributed by atoms with E-state index in [9.17, 15) is 9.59 Å². The third-order valence-corrected chi connectivity index (χ3v) is 8.93. The number of carbonyl (C=O) groups excluding carboxylic acids is 2. The van der Waals surface area contributed by atoms with Gasteiger partial charge in [0.1, 0.15) is 24.2 Å². The van der Waals surface area contributed by atoms with Crippen molar-refractivity contribution in [3.8, 4) is 0 Å². The van der Waals surface area contributed by atoms with Crippen molar-refractivity contribution >= 4 is 11.8 Å². The first kappa shape index (κ1) is 41.7. The molecule has 1 aliphatic heterocycles. The highest BCUT2D eigenvalue weighted by Crippen LogP contribution is 2.16. The molecule has 2 amide bonds. The molecule has 0 N–H and O–H groups in total. The van der Waals surface area contributed by atoms with E-state index in [0.717, 1.165) is 37.1 Å². The minimum absolute atomic E-state index is 0. The van der Waals surface area contributed by atoms with Crippen LogP contribution in [0.2, 0.25) is 0 Å². The quantitative estimate of drug-likeness (QED) is 0.116. The third kappa shape index (κ3) is 15.4. The number of piperazine rings is 1. The molecule has 2 aromatic heterocycles. The second-order valence-electron chi connectivity index (χ2n) is 12.7. The molecule has 3 rings (SSSR count). The molecule has 0 saturated carbocycles. The molecule has 6 nitrogen and oxygen atoms in total. The molecule has 1 aliphatic rings. The molecule has 254 valence electrons. The Hall–Kier alpha value is -1.30. The van der Waals surface area contributed by atoms with Crippen LogP contribution in [0.4, 0.5) is 0 Å². The van der Waals surface area contributed by atoms with Crippen LogP contribution in [0.15, 0.2) is 49.1 Å². The summed E-state index contributed by atoms with van der Waals surface area (Å²) < 4.78 is 4.32. The van der Waals surface area contributed by atoms with E-state index in [4.69, 9.17) is 0 Å². The fraction of sp³-hybridized carbons (Fsp3) is 0.676. The largest absolute Gasteiger partial charge is 1.00 e. The van der Waals surface area contributed by atoms with Gasteiger partial charge in [-0.15, -0.1) is 0 Å². The van der Waals surface area contributed by atoms with Crippen molar-refractivity contribution in [2.75, 3.05) is 19.6 Å².